The maximum Gasteiger partial charge on any atom is 0.335 e. The summed E-state index contributed by atoms with van der Waals surface area (Å²) in [4.78, 5) is 22.6. The molecule has 0 bridgehead atoms. The fourth-order valence-corrected chi connectivity index (χ4v) is 2.84. The smallest absolute Gasteiger partial charge is 0.335 e. The highest BCUT2D eigenvalue weighted by Crippen LogP contribution is 2.19. The molecular formula is C18H25NO4. The number of ether oxygens (including phenoxy) is 1. The molecular weight excluding hydrogens is 294 g/mol. The van der Waals surface area contributed by atoms with Crippen LogP contribution in [0.5, 0.6) is 0 Å². The topological polar surface area (TPSA) is 75.6 Å². The van der Waals surface area contributed by atoms with Crippen molar-refractivity contribution < 1.29 is 19.4 Å². The van der Waals surface area contributed by atoms with Crippen LogP contribution < -0.4 is 5.32 Å². The van der Waals surface area contributed by atoms with Gasteiger partial charge in [0.15, 0.2) is 0 Å². The van der Waals surface area contributed by atoms with Gasteiger partial charge in [-0.15, -0.1) is 0 Å². The summed E-state index contributed by atoms with van der Waals surface area (Å²) in [5, 5.41) is 11.7. The Morgan fingerprint density at radius 1 is 1.09 bits per heavy atom. The van der Waals surface area contributed by atoms with Gasteiger partial charge in [0.05, 0.1) is 24.7 Å². The third-order valence-electron chi connectivity index (χ3n) is 4.15. The van der Waals surface area contributed by atoms with E-state index in [0.29, 0.717) is 19.3 Å². The second kappa shape index (κ2) is 9.30. The molecule has 2 rings (SSSR count). The van der Waals surface area contributed by atoms with Crippen molar-refractivity contribution in [1.29, 1.82) is 0 Å². The van der Waals surface area contributed by atoms with Crippen molar-refractivity contribution in [3.63, 3.8) is 0 Å². The summed E-state index contributed by atoms with van der Waals surface area (Å²) in [5.74, 6) is -1.03. The van der Waals surface area contributed by atoms with Crippen LogP contribution in [0.25, 0.3) is 0 Å². The number of benzene rings is 1. The van der Waals surface area contributed by atoms with Gasteiger partial charge < -0.3 is 15.2 Å². The Morgan fingerprint density at radius 3 is 2.35 bits per heavy atom. The van der Waals surface area contributed by atoms with Crippen LogP contribution in [0.3, 0.4) is 0 Å². The summed E-state index contributed by atoms with van der Waals surface area (Å²) >= 11 is 0. The Hall–Kier alpha value is -1.88. The fraction of sp³-hybridized carbons (Fsp3) is 0.556. The van der Waals surface area contributed by atoms with E-state index in [1.807, 2.05) is 0 Å². The number of hydrogen-bond donors (Lipinski definition) is 2. The highest BCUT2D eigenvalue weighted by Gasteiger charge is 2.12. The molecule has 0 spiro atoms. The third kappa shape index (κ3) is 6.40. The van der Waals surface area contributed by atoms with E-state index < -0.39 is 5.97 Å². The molecule has 0 atom stereocenters. The van der Waals surface area contributed by atoms with Crippen LogP contribution in [-0.2, 0) is 16.0 Å². The maximum absolute atomic E-state index is 11.9. The Labute approximate surface area is 137 Å². The van der Waals surface area contributed by atoms with Crippen LogP contribution in [0.1, 0.15) is 54.4 Å². The SMILES string of the molecule is O=C(Cc1ccc(C(=O)O)cc1)NCCOC1CCCCCC1. The van der Waals surface area contributed by atoms with Crippen LogP contribution in [0.2, 0.25) is 0 Å². The fourth-order valence-electron chi connectivity index (χ4n) is 2.84. The van der Waals surface area contributed by atoms with Crippen molar-refractivity contribution in [3.8, 4) is 0 Å². The highest BCUT2D eigenvalue weighted by molar-refractivity contribution is 5.87. The minimum Gasteiger partial charge on any atom is -0.478 e. The molecule has 5 nitrogen and oxygen atoms in total. The first-order valence-corrected chi connectivity index (χ1v) is 8.35. The molecule has 5 heteroatoms. The molecule has 0 saturated heterocycles. The predicted molar refractivity (Wildman–Crippen MR) is 87.6 cm³/mol. The van der Waals surface area contributed by atoms with Gasteiger partial charge in [0.1, 0.15) is 0 Å². The van der Waals surface area contributed by atoms with Gasteiger partial charge in [0.25, 0.3) is 0 Å². The number of carboxylic acid groups (broad SMARTS) is 1. The predicted octanol–water partition coefficient (Wildman–Crippen LogP) is 2.78. The first-order chi connectivity index (χ1) is 11.1. The number of carbonyl (C=O) groups excluding carboxylic acids is 1. The molecule has 0 aromatic heterocycles. The van der Waals surface area contributed by atoms with Crippen LogP contribution in [-0.4, -0.2) is 36.2 Å². The molecule has 126 valence electrons. The second-order valence-corrected chi connectivity index (χ2v) is 6.01. The van der Waals surface area contributed by atoms with E-state index in [1.54, 1.807) is 12.1 Å². The molecule has 1 aromatic carbocycles. The van der Waals surface area contributed by atoms with Crippen molar-refractivity contribution in [2.24, 2.45) is 0 Å². The summed E-state index contributed by atoms with van der Waals surface area (Å²) in [6.45, 7) is 1.07. The van der Waals surface area contributed by atoms with E-state index in [-0.39, 0.29) is 17.9 Å². The van der Waals surface area contributed by atoms with Crippen molar-refractivity contribution >= 4 is 11.9 Å². The molecule has 1 aromatic rings. The zero-order valence-corrected chi connectivity index (χ0v) is 13.4. The number of aromatic carboxylic acids is 1. The maximum atomic E-state index is 11.9. The van der Waals surface area contributed by atoms with Crippen molar-refractivity contribution in [3.05, 3.63) is 35.4 Å². The average molecular weight is 319 g/mol. The van der Waals surface area contributed by atoms with Gasteiger partial charge in [-0.05, 0) is 30.5 Å². The van der Waals surface area contributed by atoms with Gasteiger partial charge in [-0.1, -0.05) is 37.8 Å². The lowest BCUT2D eigenvalue weighted by atomic mass is 10.1. The van der Waals surface area contributed by atoms with E-state index >= 15 is 0 Å². The summed E-state index contributed by atoms with van der Waals surface area (Å²) in [7, 11) is 0. The van der Waals surface area contributed by atoms with Crippen molar-refractivity contribution in [2.75, 3.05) is 13.2 Å². The lowest BCUT2D eigenvalue weighted by Gasteiger charge is -2.15. The van der Waals surface area contributed by atoms with Gasteiger partial charge in [0.2, 0.25) is 5.91 Å². The number of rotatable bonds is 7. The standard InChI is InChI=1S/C18H25NO4/c20-17(13-14-7-9-15(10-8-14)18(21)22)19-11-12-23-16-5-3-1-2-4-6-16/h7-10,16H,1-6,11-13H2,(H,19,20)(H,21,22). The zero-order valence-electron chi connectivity index (χ0n) is 13.4. The molecule has 1 fully saturated rings. The zero-order chi connectivity index (χ0) is 16.5. The number of nitrogens with one attached hydrogen (secondary N) is 1. The normalized spacial score (nSPS) is 15.8. The molecule has 0 heterocycles. The lowest BCUT2D eigenvalue weighted by Crippen LogP contribution is -2.30. The molecule has 0 unspecified atom stereocenters. The van der Waals surface area contributed by atoms with Gasteiger partial charge in [-0.3, -0.25) is 4.79 Å². The Balaban J connectivity index is 1.63. The first kappa shape index (κ1) is 17.5. The molecule has 0 radical (unpaired) electrons. The summed E-state index contributed by atoms with van der Waals surface area (Å²) in [6, 6.07) is 6.37. The van der Waals surface area contributed by atoms with E-state index in [9.17, 15) is 9.59 Å². The lowest BCUT2D eigenvalue weighted by molar-refractivity contribution is -0.120. The average Bonchev–Trinajstić information content (AvgIpc) is 2.81. The van der Waals surface area contributed by atoms with Crippen LogP contribution in [0, 0.1) is 0 Å². The van der Waals surface area contributed by atoms with E-state index in [2.05, 4.69) is 5.32 Å². The van der Waals surface area contributed by atoms with Gasteiger partial charge in [-0.2, -0.15) is 0 Å². The first-order valence-electron chi connectivity index (χ1n) is 8.35. The van der Waals surface area contributed by atoms with Crippen molar-refractivity contribution in [1.82, 2.24) is 5.32 Å². The molecule has 1 amide bonds. The summed E-state index contributed by atoms with van der Waals surface area (Å²) < 4.78 is 5.83. The van der Waals surface area contributed by atoms with Gasteiger partial charge in [-0.25, -0.2) is 4.79 Å². The molecule has 1 aliphatic carbocycles. The quantitative estimate of drug-likeness (QED) is 0.598. The van der Waals surface area contributed by atoms with Crippen LogP contribution >= 0.6 is 0 Å². The number of hydrogen-bond acceptors (Lipinski definition) is 3. The molecule has 0 aliphatic heterocycles. The highest BCUT2D eigenvalue weighted by atomic mass is 16.5. The molecule has 23 heavy (non-hydrogen) atoms. The van der Waals surface area contributed by atoms with E-state index in [0.717, 1.165) is 18.4 Å². The summed E-state index contributed by atoms with van der Waals surface area (Å²) in [5.41, 5.74) is 1.03. The number of carboxylic acids is 1. The Morgan fingerprint density at radius 2 is 1.74 bits per heavy atom. The van der Waals surface area contributed by atoms with Gasteiger partial charge in [0, 0.05) is 6.54 Å². The van der Waals surface area contributed by atoms with E-state index in [4.69, 9.17) is 9.84 Å². The van der Waals surface area contributed by atoms with Gasteiger partial charge >= 0.3 is 5.97 Å². The monoisotopic (exact) mass is 319 g/mol. The van der Waals surface area contributed by atoms with Crippen LogP contribution in [0.15, 0.2) is 24.3 Å². The Kier molecular flexibility index (Phi) is 7.07. The van der Waals surface area contributed by atoms with Crippen molar-refractivity contribution in [2.45, 2.75) is 51.0 Å². The molecule has 1 aliphatic rings. The number of amides is 1. The van der Waals surface area contributed by atoms with E-state index in [1.165, 1.54) is 37.8 Å². The summed E-state index contributed by atoms with van der Waals surface area (Å²) in [6.07, 6.45) is 7.94. The third-order valence-corrected chi connectivity index (χ3v) is 4.15. The minimum atomic E-state index is -0.961. The largest absolute Gasteiger partial charge is 0.478 e. The molecule has 2 N–H and O–H groups in total. The second-order valence-electron chi connectivity index (χ2n) is 6.01. The molecule has 1 saturated carbocycles. The van der Waals surface area contributed by atoms with Crippen LogP contribution in [0.4, 0.5) is 0 Å². The number of carbonyl (C=O) groups is 2. The Bertz CT molecular complexity index is 504. The minimum absolute atomic E-state index is 0.0717.